The maximum atomic E-state index is 12.3. The highest BCUT2D eigenvalue weighted by molar-refractivity contribution is 6.02. The van der Waals surface area contributed by atoms with Crippen LogP contribution >= 0.6 is 0 Å². The zero-order chi connectivity index (χ0) is 22.0. The van der Waals surface area contributed by atoms with Crippen molar-refractivity contribution in [3.8, 4) is 16.8 Å². The third-order valence-corrected chi connectivity index (χ3v) is 4.90. The molecule has 0 aliphatic rings. The summed E-state index contributed by atoms with van der Waals surface area (Å²) in [5.74, 6) is 0. The maximum Gasteiger partial charge on any atom is 0.405 e. The number of urea groups is 1. The molecular formula is C22H20F3N5O. The number of aromatic nitrogens is 3. The van der Waals surface area contributed by atoms with Crippen LogP contribution in [0, 0.1) is 0 Å². The molecule has 4 rings (SSSR count). The second-order valence-electron chi connectivity index (χ2n) is 7.08. The fourth-order valence-corrected chi connectivity index (χ4v) is 3.25. The van der Waals surface area contributed by atoms with Crippen LogP contribution in [-0.2, 0) is 6.42 Å². The van der Waals surface area contributed by atoms with Gasteiger partial charge in [-0.25, -0.2) is 9.48 Å². The quantitative estimate of drug-likeness (QED) is 0.406. The topological polar surface area (TPSA) is 74.7 Å². The molecule has 2 amide bonds. The number of hydrogen-bond acceptors (Lipinski definition) is 2. The van der Waals surface area contributed by atoms with Gasteiger partial charge in [0.1, 0.15) is 6.54 Å². The summed E-state index contributed by atoms with van der Waals surface area (Å²) in [7, 11) is 0. The zero-order valence-corrected chi connectivity index (χ0v) is 16.6. The molecule has 0 saturated heterocycles. The van der Waals surface area contributed by atoms with E-state index in [4.69, 9.17) is 0 Å². The van der Waals surface area contributed by atoms with E-state index >= 15 is 0 Å². The summed E-state index contributed by atoms with van der Waals surface area (Å²) in [6.45, 7) is 0.701. The molecule has 0 fully saturated rings. The number of rotatable bonds is 5. The van der Waals surface area contributed by atoms with Gasteiger partial charge in [-0.15, -0.1) is 0 Å². The van der Waals surface area contributed by atoms with Gasteiger partial charge in [-0.2, -0.15) is 18.3 Å². The highest BCUT2D eigenvalue weighted by Crippen LogP contribution is 2.29. The van der Waals surface area contributed by atoms with Crippen LogP contribution in [0.1, 0.15) is 12.5 Å². The summed E-state index contributed by atoms with van der Waals surface area (Å²) in [5, 5.41) is 9.36. The number of alkyl halides is 3. The van der Waals surface area contributed by atoms with Crippen molar-refractivity contribution in [3.63, 3.8) is 0 Å². The first kappa shape index (κ1) is 20.5. The molecule has 0 unspecified atom stereocenters. The monoisotopic (exact) mass is 427 g/mol. The molecule has 0 atom stereocenters. The minimum atomic E-state index is -4.47. The fourth-order valence-electron chi connectivity index (χ4n) is 3.25. The number of hydrogen-bond donors (Lipinski definition) is 3. The van der Waals surface area contributed by atoms with E-state index in [1.807, 2.05) is 36.5 Å². The minimum Gasteiger partial charge on any atom is -0.359 e. The first-order valence-electron chi connectivity index (χ1n) is 9.69. The SMILES string of the molecule is CCc1ccc(-n2cc(-c3ccc4[nH]cc(NC(=O)NCC(F)(F)F)c4c3)cn2)cc1. The lowest BCUT2D eigenvalue weighted by atomic mass is 10.1. The number of carbonyl (C=O) groups excluding carboxylic acids is 1. The van der Waals surface area contributed by atoms with Crippen LogP contribution in [0.3, 0.4) is 0 Å². The van der Waals surface area contributed by atoms with E-state index in [-0.39, 0.29) is 0 Å². The molecule has 0 saturated carbocycles. The number of benzene rings is 2. The molecule has 2 aromatic heterocycles. The number of amides is 2. The van der Waals surface area contributed by atoms with Gasteiger partial charge in [-0.1, -0.05) is 25.1 Å². The first-order valence-corrected chi connectivity index (χ1v) is 9.69. The third-order valence-electron chi connectivity index (χ3n) is 4.90. The minimum absolute atomic E-state index is 0.388. The Labute approximate surface area is 176 Å². The second-order valence-corrected chi connectivity index (χ2v) is 7.08. The van der Waals surface area contributed by atoms with Crippen LogP contribution in [0.15, 0.2) is 61.1 Å². The molecule has 31 heavy (non-hydrogen) atoms. The number of aromatic amines is 1. The summed E-state index contributed by atoms with van der Waals surface area (Å²) in [6.07, 6.45) is 1.68. The van der Waals surface area contributed by atoms with Crippen molar-refractivity contribution in [2.24, 2.45) is 0 Å². The Kier molecular flexibility index (Phi) is 5.41. The summed E-state index contributed by atoms with van der Waals surface area (Å²) in [5.41, 5.74) is 5.05. The number of fused-ring (bicyclic) bond motifs is 1. The highest BCUT2D eigenvalue weighted by atomic mass is 19.4. The van der Waals surface area contributed by atoms with Crippen molar-refractivity contribution in [2.45, 2.75) is 19.5 Å². The largest absolute Gasteiger partial charge is 0.405 e. The predicted molar refractivity (Wildman–Crippen MR) is 113 cm³/mol. The lowest BCUT2D eigenvalue weighted by molar-refractivity contribution is -0.122. The van der Waals surface area contributed by atoms with Crippen LogP contribution < -0.4 is 10.6 Å². The Bertz CT molecular complexity index is 1210. The molecule has 2 heterocycles. The molecule has 0 aliphatic carbocycles. The van der Waals surface area contributed by atoms with Gasteiger partial charge in [0.25, 0.3) is 0 Å². The van der Waals surface area contributed by atoms with Crippen molar-refractivity contribution in [1.29, 1.82) is 0 Å². The molecular weight excluding hydrogens is 407 g/mol. The lowest BCUT2D eigenvalue weighted by Crippen LogP contribution is -2.36. The van der Waals surface area contributed by atoms with Gasteiger partial charge in [0.05, 0.1) is 17.6 Å². The third kappa shape index (κ3) is 4.71. The predicted octanol–water partition coefficient (Wildman–Crippen LogP) is 5.27. The van der Waals surface area contributed by atoms with E-state index in [0.717, 1.165) is 28.8 Å². The average Bonchev–Trinajstić information content (AvgIpc) is 3.39. The zero-order valence-electron chi connectivity index (χ0n) is 16.6. The van der Waals surface area contributed by atoms with Gasteiger partial charge in [-0.05, 0) is 41.8 Å². The molecule has 4 aromatic rings. The van der Waals surface area contributed by atoms with E-state index in [1.54, 1.807) is 22.4 Å². The highest BCUT2D eigenvalue weighted by Gasteiger charge is 2.27. The number of halogens is 3. The molecule has 160 valence electrons. The van der Waals surface area contributed by atoms with E-state index in [2.05, 4.69) is 34.5 Å². The first-order chi connectivity index (χ1) is 14.8. The van der Waals surface area contributed by atoms with E-state index in [0.29, 0.717) is 11.1 Å². The Hall–Kier alpha value is -3.75. The van der Waals surface area contributed by atoms with E-state index in [1.165, 1.54) is 5.56 Å². The summed E-state index contributed by atoms with van der Waals surface area (Å²) in [6, 6.07) is 12.8. The molecule has 9 heteroatoms. The Balaban J connectivity index is 1.56. The standard InChI is InChI=1S/C22H20F3N5O/c1-2-14-3-6-17(7-4-14)30-12-16(10-28-30)15-5-8-19-18(9-15)20(11-26-19)29-21(31)27-13-22(23,24)25/h3-12,26H,2,13H2,1H3,(H2,27,29,31). The Morgan fingerprint density at radius 1 is 1.13 bits per heavy atom. The number of H-pyrrole nitrogens is 1. The van der Waals surface area contributed by atoms with Gasteiger partial charge in [0.2, 0.25) is 0 Å². The van der Waals surface area contributed by atoms with Crippen molar-refractivity contribution >= 4 is 22.6 Å². The normalized spacial score (nSPS) is 11.6. The van der Waals surface area contributed by atoms with E-state index in [9.17, 15) is 18.0 Å². The number of carbonyl (C=O) groups is 1. The Morgan fingerprint density at radius 2 is 1.90 bits per heavy atom. The number of nitrogens with one attached hydrogen (secondary N) is 3. The number of aryl methyl sites for hydroxylation is 1. The van der Waals surface area contributed by atoms with Crippen molar-refractivity contribution in [1.82, 2.24) is 20.1 Å². The Morgan fingerprint density at radius 3 is 2.61 bits per heavy atom. The lowest BCUT2D eigenvalue weighted by Gasteiger charge is -2.09. The van der Waals surface area contributed by atoms with Gasteiger partial charge in [-0.3, -0.25) is 0 Å². The molecule has 2 aromatic carbocycles. The smallest absolute Gasteiger partial charge is 0.359 e. The number of anilines is 1. The number of nitrogens with zero attached hydrogens (tertiary/aromatic N) is 2. The molecule has 0 radical (unpaired) electrons. The van der Waals surface area contributed by atoms with Gasteiger partial charge in [0.15, 0.2) is 0 Å². The van der Waals surface area contributed by atoms with Gasteiger partial charge in [0, 0.05) is 28.9 Å². The van der Waals surface area contributed by atoms with Crippen LogP contribution in [-0.4, -0.2) is 33.5 Å². The summed E-state index contributed by atoms with van der Waals surface area (Å²) >= 11 is 0. The van der Waals surface area contributed by atoms with Crippen LogP contribution in [0.5, 0.6) is 0 Å². The second kappa shape index (κ2) is 8.17. The van der Waals surface area contributed by atoms with Crippen molar-refractivity contribution in [2.75, 3.05) is 11.9 Å². The molecule has 0 aliphatic heterocycles. The van der Waals surface area contributed by atoms with E-state index < -0.39 is 18.8 Å². The van der Waals surface area contributed by atoms with Crippen molar-refractivity contribution < 1.29 is 18.0 Å². The maximum absolute atomic E-state index is 12.3. The van der Waals surface area contributed by atoms with Crippen LogP contribution in [0.4, 0.5) is 23.7 Å². The molecule has 0 bridgehead atoms. The average molecular weight is 427 g/mol. The molecule has 6 nitrogen and oxygen atoms in total. The van der Waals surface area contributed by atoms with Gasteiger partial charge < -0.3 is 15.6 Å². The fraction of sp³-hybridized carbons (Fsp3) is 0.182. The summed E-state index contributed by atoms with van der Waals surface area (Å²) < 4.78 is 38.7. The van der Waals surface area contributed by atoms with Crippen LogP contribution in [0.25, 0.3) is 27.7 Å². The molecule has 3 N–H and O–H groups in total. The summed E-state index contributed by atoms with van der Waals surface area (Å²) in [4.78, 5) is 14.8. The van der Waals surface area contributed by atoms with Crippen molar-refractivity contribution in [3.05, 3.63) is 66.6 Å². The van der Waals surface area contributed by atoms with Crippen LogP contribution in [0.2, 0.25) is 0 Å². The van der Waals surface area contributed by atoms with Gasteiger partial charge >= 0.3 is 12.2 Å². The molecule has 0 spiro atoms.